The lowest BCUT2D eigenvalue weighted by atomic mass is 9.99. The van der Waals surface area contributed by atoms with Gasteiger partial charge in [-0.1, -0.05) is 24.3 Å². The summed E-state index contributed by atoms with van der Waals surface area (Å²) in [6.45, 7) is 1.03. The predicted molar refractivity (Wildman–Crippen MR) is 103 cm³/mol. The van der Waals surface area contributed by atoms with Crippen LogP contribution in [0.1, 0.15) is 12.8 Å². The molecule has 6 nitrogen and oxygen atoms in total. The molecule has 0 aliphatic carbocycles. The summed E-state index contributed by atoms with van der Waals surface area (Å²) in [5.74, 6) is -0.590. The summed E-state index contributed by atoms with van der Waals surface area (Å²) in [5, 5.41) is 2.77. The van der Waals surface area contributed by atoms with Gasteiger partial charge in [0.2, 0.25) is 15.9 Å². The highest BCUT2D eigenvalue weighted by Crippen LogP contribution is 2.23. The lowest BCUT2D eigenvalue weighted by Gasteiger charge is -2.31. The Morgan fingerprint density at radius 3 is 2.71 bits per heavy atom. The van der Waals surface area contributed by atoms with Gasteiger partial charge in [0, 0.05) is 19.2 Å². The molecule has 1 fully saturated rings. The molecule has 2 aromatic carbocycles. The number of nitrogens with zero attached hydrogens (tertiary/aromatic N) is 1. The first-order chi connectivity index (χ1) is 13.5. The topological polar surface area (TPSA) is 75.7 Å². The van der Waals surface area contributed by atoms with Crippen molar-refractivity contribution in [2.75, 3.05) is 26.2 Å². The molecule has 1 atom stereocenters. The molecule has 0 aromatic heterocycles. The Morgan fingerprint density at radius 2 is 1.96 bits per heavy atom. The average Bonchev–Trinajstić information content (AvgIpc) is 2.72. The Kier molecular flexibility index (Phi) is 6.64. The van der Waals surface area contributed by atoms with E-state index in [4.69, 9.17) is 4.74 Å². The molecule has 1 saturated heterocycles. The van der Waals surface area contributed by atoms with Gasteiger partial charge in [0.15, 0.2) is 0 Å². The first kappa shape index (κ1) is 20.3. The number of rotatable bonds is 7. The summed E-state index contributed by atoms with van der Waals surface area (Å²) in [6.07, 6.45) is 1.27. The van der Waals surface area contributed by atoms with E-state index in [2.05, 4.69) is 5.32 Å². The van der Waals surface area contributed by atoms with Crippen molar-refractivity contribution in [1.82, 2.24) is 9.62 Å². The van der Waals surface area contributed by atoms with Crippen LogP contribution < -0.4 is 10.1 Å². The molecule has 0 saturated carbocycles. The minimum absolute atomic E-state index is 0.161. The lowest BCUT2D eigenvalue weighted by molar-refractivity contribution is -0.126. The Balaban J connectivity index is 1.50. The normalized spacial score (nSPS) is 17.8. The Bertz CT molecular complexity index is 905. The number of carbonyl (C=O) groups is 1. The predicted octanol–water partition coefficient (Wildman–Crippen LogP) is 2.42. The van der Waals surface area contributed by atoms with Crippen molar-refractivity contribution in [1.29, 1.82) is 0 Å². The largest absolute Gasteiger partial charge is 0.492 e. The molecular weight excluding hydrogens is 383 g/mol. The Hall–Kier alpha value is -2.45. The van der Waals surface area contributed by atoms with E-state index in [0.717, 1.165) is 0 Å². The number of hydrogen-bond donors (Lipinski definition) is 1. The maximum absolute atomic E-state index is 13.1. The standard InChI is InChI=1S/C20H23FN2O4S/c21-17-7-4-8-18(14-17)27-13-11-22-20(24)16-6-5-12-23(15-16)28(25,26)19-9-2-1-3-10-19/h1-4,7-10,14,16H,5-6,11-13,15H2,(H,22,24). The smallest absolute Gasteiger partial charge is 0.243 e. The fraction of sp³-hybridized carbons (Fsp3) is 0.350. The molecule has 150 valence electrons. The molecule has 28 heavy (non-hydrogen) atoms. The molecule has 1 aliphatic rings. The van der Waals surface area contributed by atoms with Crippen LogP contribution in [0.3, 0.4) is 0 Å². The monoisotopic (exact) mass is 406 g/mol. The molecule has 1 heterocycles. The molecule has 0 bridgehead atoms. The van der Waals surface area contributed by atoms with Crippen molar-refractivity contribution in [2.24, 2.45) is 5.92 Å². The number of nitrogens with one attached hydrogen (secondary N) is 1. The third-order valence-electron chi connectivity index (χ3n) is 4.60. The SMILES string of the molecule is O=C(NCCOc1cccc(F)c1)C1CCCN(S(=O)(=O)c2ccccc2)C1. The lowest BCUT2D eigenvalue weighted by Crippen LogP contribution is -2.45. The molecule has 1 N–H and O–H groups in total. The zero-order valence-electron chi connectivity index (χ0n) is 15.4. The van der Waals surface area contributed by atoms with Gasteiger partial charge >= 0.3 is 0 Å². The third kappa shape index (κ3) is 5.08. The summed E-state index contributed by atoms with van der Waals surface area (Å²) >= 11 is 0. The van der Waals surface area contributed by atoms with Gasteiger partial charge in [-0.15, -0.1) is 0 Å². The van der Waals surface area contributed by atoms with Crippen LogP contribution >= 0.6 is 0 Å². The highest BCUT2D eigenvalue weighted by atomic mass is 32.2. The van der Waals surface area contributed by atoms with Crippen molar-refractivity contribution in [3.05, 3.63) is 60.4 Å². The van der Waals surface area contributed by atoms with Crippen LogP contribution in [-0.4, -0.2) is 44.9 Å². The Morgan fingerprint density at radius 1 is 1.18 bits per heavy atom. The van der Waals surface area contributed by atoms with Gasteiger partial charge in [0.1, 0.15) is 18.2 Å². The van der Waals surface area contributed by atoms with Gasteiger partial charge in [-0.3, -0.25) is 4.79 Å². The van der Waals surface area contributed by atoms with Crippen LogP contribution in [0.15, 0.2) is 59.5 Å². The molecule has 0 radical (unpaired) electrons. The zero-order chi connectivity index (χ0) is 20.0. The summed E-state index contributed by atoms with van der Waals surface area (Å²) < 4.78 is 45.4. The van der Waals surface area contributed by atoms with Gasteiger partial charge in [-0.2, -0.15) is 4.31 Å². The van der Waals surface area contributed by atoms with Crippen LogP contribution in [0.2, 0.25) is 0 Å². The molecule has 2 aromatic rings. The van der Waals surface area contributed by atoms with E-state index >= 15 is 0 Å². The summed E-state index contributed by atoms with van der Waals surface area (Å²) in [5.41, 5.74) is 0. The quantitative estimate of drug-likeness (QED) is 0.717. The van der Waals surface area contributed by atoms with E-state index in [0.29, 0.717) is 25.1 Å². The van der Waals surface area contributed by atoms with Gasteiger partial charge in [-0.25, -0.2) is 12.8 Å². The summed E-state index contributed by atoms with van der Waals surface area (Å²) in [6, 6.07) is 14.0. The number of hydrogen-bond acceptors (Lipinski definition) is 4. The van der Waals surface area contributed by atoms with Crippen molar-refractivity contribution in [3.8, 4) is 5.75 Å². The van der Waals surface area contributed by atoms with Crippen molar-refractivity contribution < 1.29 is 22.3 Å². The van der Waals surface area contributed by atoms with Gasteiger partial charge in [0.05, 0.1) is 17.4 Å². The van der Waals surface area contributed by atoms with E-state index in [-0.39, 0.29) is 36.3 Å². The fourth-order valence-corrected chi connectivity index (χ4v) is 4.71. The molecule has 0 spiro atoms. The molecule has 8 heteroatoms. The molecule has 1 amide bonds. The van der Waals surface area contributed by atoms with Crippen molar-refractivity contribution in [2.45, 2.75) is 17.7 Å². The first-order valence-electron chi connectivity index (χ1n) is 9.18. The van der Waals surface area contributed by atoms with Crippen molar-refractivity contribution >= 4 is 15.9 Å². The number of piperidine rings is 1. The molecule has 3 rings (SSSR count). The highest BCUT2D eigenvalue weighted by molar-refractivity contribution is 7.89. The van der Waals surface area contributed by atoms with Crippen LogP contribution in [0, 0.1) is 11.7 Å². The second-order valence-corrected chi connectivity index (χ2v) is 8.55. The van der Waals surface area contributed by atoms with E-state index in [9.17, 15) is 17.6 Å². The second kappa shape index (κ2) is 9.16. The van der Waals surface area contributed by atoms with Crippen LogP contribution in [0.5, 0.6) is 5.75 Å². The second-order valence-electron chi connectivity index (χ2n) is 6.61. The van der Waals surface area contributed by atoms with Gasteiger partial charge in [-0.05, 0) is 37.1 Å². The van der Waals surface area contributed by atoms with Crippen molar-refractivity contribution in [3.63, 3.8) is 0 Å². The number of carbonyl (C=O) groups excluding carboxylic acids is 1. The van der Waals surface area contributed by atoms with Gasteiger partial charge < -0.3 is 10.1 Å². The molecule has 1 aliphatic heterocycles. The average molecular weight is 406 g/mol. The number of sulfonamides is 1. The third-order valence-corrected chi connectivity index (χ3v) is 6.48. The number of ether oxygens (including phenoxy) is 1. The van der Waals surface area contributed by atoms with E-state index < -0.39 is 15.9 Å². The minimum atomic E-state index is -3.60. The summed E-state index contributed by atoms with van der Waals surface area (Å²) in [7, 11) is -3.60. The van der Waals surface area contributed by atoms with Gasteiger partial charge in [0.25, 0.3) is 0 Å². The summed E-state index contributed by atoms with van der Waals surface area (Å²) in [4.78, 5) is 12.7. The van der Waals surface area contributed by atoms with Crippen LogP contribution in [0.25, 0.3) is 0 Å². The minimum Gasteiger partial charge on any atom is -0.492 e. The molecular formula is C20H23FN2O4S. The van der Waals surface area contributed by atoms with Crippen LogP contribution in [0.4, 0.5) is 4.39 Å². The number of amides is 1. The van der Waals surface area contributed by atoms with E-state index in [1.807, 2.05) is 0 Å². The first-order valence-corrected chi connectivity index (χ1v) is 10.6. The maximum atomic E-state index is 13.1. The number of benzene rings is 2. The molecule has 1 unspecified atom stereocenters. The zero-order valence-corrected chi connectivity index (χ0v) is 16.2. The van der Waals surface area contributed by atoms with Crippen LogP contribution in [-0.2, 0) is 14.8 Å². The fourth-order valence-electron chi connectivity index (χ4n) is 3.16. The van der Waals surface area contributed by atoms with E-state index in [1.165, 1.54) is 16.4 Å². The Labute approximate surface area is 164 Å². The maximum Gasteiger partial charge on any atom is 0.243 e. The highest BCUT2D eigenvalue weighted by Gasteiger charge is 2.33. The number of halogens is 1. The van der Waals surface area contributed by atoms with E-state index in [1.54, 1.807) is 42.5 Å².